The number of rotatable bonds is 5. The zero-order valence-electron chi connectivity index (χ0n) is 11.0. The minimum Gasteiger partial charge on any atom is -0.378 e. The van der Waals surface area contributed by atoms with Crippen molar-refractivity contribution in [1.29, 1.82) is 0 Å². The molecule has 0 aliphatic carbocycles. The lowest BCUT2D eigenvalue weighted by Gasteiger charge is -2.28. The topological polar surface area (TPSA) is 34.2 Å². The van der Waals surface area contributed by atoms with Crippen LogP contribution in [0.25, 0.3) is 0 Å². The molecule has 0 radical (unpaired) electrons. The fourth-order valence-electron chi connectivity index (χ4n) is 2.80. The van der Waals surface area contributed by atoms with Crippen LogP contribution in [0.4, 0.5) is 4.39 Å². The highest BCUT2D eigenvalue weighted by Gasteiger charge is 2.34. The van der Waals surface area contributed by atoms with Gasteiger partial charge in [0.05, 0.1) is 12.3 Å². The summed E-state index contributed by atoms with van der Waals surface area (Å²) in [5, 5.41) is 3.45. The third kappa shape index (κ3) is 2.87. The van der Waals surface area contributed by atoms with E-state index in [2.05, 4.69) is 24.1 Å². The van der Waals surface area contributed by atoms with E-state index in [1.165, 1.54) is 6.20 Å². The van der Waals surface area contributed by atoms with Crippen LogP contribution >= 0.6 is 0 Å². The van der Waals surface area contributed by atoms with E-state index in [0.29, 0.717) is 5.92 Å². The van der Waals surface area contributed by atoms with Gasteiger partial charge < -0.3 is 10.1 Å². The lowest BCUT2D eigenvalue weighted by atomic mass is 9.87. The number of halogens is 1. The first-order valence-corrected chi connectivity index (χ1v) is 6.71. The highest BCUT2D eigenvalue weighted by molar-refractivity contribution is 5.17. The normalized spacial score (nSPS) is 25.3. The summed E-state index contributed by atoms with van der Waals surface area (Å²) in [5.41, 5.74) is 0.922. The Balaban J connectivity index is 2.22. The van der Waals surface area contributed by atoms with E-state index in [0.717, 1.165) is 31.6 Å². The van der Waals surface area contributed by atoms with E-state index in [1.807, 2.05) is 0 Å². The maximum atomic E-state index is 13.3. The Hall–Kier alpha value is -1.00. The summed E-state index contributed by atoms with van der Waals surface area (Å²) < 4.78 is 19.1. The van der Waals surface area contributed by atoms with Gasteiger partial charge in [-0.05, 0) is 31.0 Å². The quantitative estimate of drug-likeness (QED) is 0.875. The molecule has 4 heteroatoms. The molecule has 3 nitrogen and oxygen atoms in total. The van der Waals surface area contributed by atoms with Crippen molar-refractivity contribution in [2.75, 3.05) is 13.2 Å². The van der Waals surface area contributed by atoms with E-state index < -0.39 is 0 Å². The zero-order chi connectivity index (χ0) is 13.0. The molecular weight excluding hydrogens is 231 g/mol. The Bertz CT molecular complexity index is 386. The minimum absolute atomic E-state index is 0.130. The average molecular weight is 252 g/mol. The molecule has 0 bridgehead atoms. The van der Waals surface area contributed by atoms with E-state index in [9.17, 15) is 4.39 Å². The summed E-state index contributed by atoms with van der Waals surface area (Å²) in [6.45, 7) is 5.86. The molecule has 1 fully saturated rings. The van der Waals surface area contributed by atoms with Gasteiger partial charge in [-0.3, -0.25) is 4.98 Å². The number of aromatic nitrogens is 1. The first-order chi connectivity index (χ1) is 8.76. The van der Waals surface area contributed by atoms with Crippen molar-refractivity contribution in [3.63, 3.8) is 0 Å². The second-order valence-electron chi connectivity index (χ2n) is 4.74. The van der Waals surface area contributed by atoms with Gasteiger partial charge in [0.25, 0.3) is 0 Å². The minimum atomic E-state index is -0.276. The highest BCUT2D eigenvalue weighted by Crippen LogP contribution is 2.34. The number of pyridine rings is 1. The van der Waals surface area contributed by atoms with Crippen molar-refractivity contribution in [2.45, 2.75) is 38.8 Å². The van der Waals surface area contributed by atoms with Gasteiger partial charge in [0.15, 0.2) is 0 Å². The lowest BCUT2D eigenvalue weighted by molar-refractivity contribution is 0.0775. The summed E-state index contributed by atoms with van der Waals surface area (Å²) in [6, 6.07) is 1.70. The van der Waals surface area contributed by atoms with Crippen molar-refractivity contribution < 1.29 is 9.13 Å². The summed E-state index contributed by atoms with van der Waals surface area (Å²) in [6.07, 6.45) is 5.27. The van der Waals surface area contributed by atoms with Crippen LogP contribution in [0.15, 0.2) is 18.5 Å². The van der Waals surface area contributed by atoms with Gasteiger partial charge in [-0.1, -0.05) is 13.8 Å². The Kier molecular flexibility index (Phi) is 4.66. The van der Waals surface area contributed by atoms with Gasteiger partial charge in [-0.15, -0.1) is 0 Å². The summed E-state index contributed by atoms with van der Waals surface area (Å²) in [5.74, 6) is 0.126. The predicted octanol–water partition coefficient (Wildman–Crippen LogP) is 2.69. The monoisotopic (exact) mass is 252 g/mol. The third-order valence-corrected chi connectivity index (χ3v) is 3.60. The Morgan fingerprint density at radius 1 is 1.50 bits per heavy atom. The van der Waals surface area contributed by atoms with Crippen LogP contribution in [0.3, 0.4) is 0 Å². The lowest BCUT2D eigenvalue weighted by Crippen LogP contribution is -2.32. The molecule has 0 aromatic carbocycles. The number of nitrogens with one attached hydrogen (secondary N) is 1. The van der Waals surface area contributed by atoms with E-state index in [4.69, 9.17) is 4.74 Å². The molecule has 18 heavy (non-hydrogen) atoms. The maximum absolute atomic E-state index is 13.3. The van der Waals surface area contributed by atoms with E-state index in [-0.39, 0.29) is 18.0 Å². The van der Waals surface area contributed by atoms with Crippen molar-refractivity contribution in [3.8, 4) is 0 Å². The fraction of sp³-hybridized carbons (Fsp3) is 0.643. The molecule has 2 rings (SSSR count). The molecule has 1 aliphatic heterocycles. The second kappa shape index (κ2) is 6.25. The van der Waals surface area contributed by atoms with Crippen molar-refractivity contribution in [1.82, 2.24) is 10.3 Å². The van der Waals surface area contributed by atoms with Crippen LogP contribution in [0.5, 0.6) is 0 Å². The molecule has 3 unspecified atom stereocenters. The van der Waals surface area contributed by atoms with Crippen molar-refractivity contribution >= 4 is 0 Å². The Morgan fingerprint density at radius 2 is 2.33 bits per heavy atom. The second-order valence-corrected chi connectivity index (χ2v) is 4.74. The van der Waals surface area contributed by atoms with Crippen LogP contribution in [0.2, 0.25) is 0 Å². The smallest absolute Gasteiger partial charge is 0.141 e. The molecule has 0 amide bonds. The maximum Gasteiger partial charge on any atom is 0.141 e. The Morgan fingerprint density at radius 3 is 3.00 bits per heavy atom. The molecule has 1 N–H and O–H groups in total. The molecular formula is C14H21FN2O. The first kappa shape index (κ1) is 13.4. The number of hydrogen-bond donors (Lipinski definition) is 1. The summed E-state index contributed by atoms with van der Waals surface area (Å²) in [4.78, 5) is 3.95. The highest BCUT2D eigenvalue weighted by atomic mass is 19.1. The van der Waals surface area contributed by atoms with Crippen LogP contribution in [-0.4, -0.2) is 24.2 Å². The summed E-state index contributed by atoms with van der Waals surface area (Å²) in [7, 11) is 0. The van der Waals surface area contributed by atoms with E-state index >= 15 is 0 Å². The molecule has 100 valence electrons. The van der Waals surface area contributed by atoms with Gasteiger partial charge >= 0.3 is 0 Å². The van der Waals surface area contributed by atoms with Crippen molar-refractivity contribution in [3.05, 3.63) is 29.8 Å². The molecule has 2 heterocycles. The molecule has 0 spiro atoms. The van der Waals surface area contributed by atoms with Gasteiger partial charge in [0.2, 0.25) is 0 Å². The number of hydrogen-bond acceptors (Lipinski definition) is 3. The van der Waals surface area contributed by atoms with Crippen LogP contribution < -0.4 is 5.32 Å². The molecule has 0 saturated carbocycles. The molecule has 1 aromatic heterocycles. The largest absolute Gasteiger partial charge is 0.378 e. The average Bonchev–Trinajstić information content (AvgIpc) is 2.84. The standard InChI is InChI=1S/C14H21FN2O/c1-3-13-12(5-6-18-13)14(17-4-2)10-7-11(15)9-16-8-10/h7-9,12-14,17H,3-6H2,1-2H3. The van der Waals surface area contributed by atoms with E-state index in [1.54, 1.807) is 12.3 Å². The molecule has 1 aromatic rings. The number of ether oxygens (including phenoxy) is 1. The van der Waals surface area contributed by atoms with Gasteiger partial charge in [0, 0.05) is 24.8 Å². The first-order valence-electron chi connectivity index (χ1n) is 6.71. The molecule has 3 atom stereocenters. The Labute approximate surface area is 108 Å². The predicted molar refractivity (Wildman–Crippen MR) is 68.8 cm³/mol. The fourth-order valence-corrected chi connectivity index (χ4v) is 2.80. The van der Waals surface area contributed by atoms with Gasteiger partial charge in [-0.25, -0.2) is 4.39 Å². The van der Waals surface area contributed by atoms with Crippen LogP contribution in [0, 0.1) is 11.7 Å². The van der Waals surface area contributed by atoms with Crippen molar-refractivity contribution in [2.24, 2.45) is 5.92 Å². The van der Waals surface area contributed by atoms with Gasteiger partial charge in [0.1, 0.15) is 5.82 Å². The van der Waals surface area contributed by atoms with Crippen LogP contribution in [0.1, 0.15) is 38.3 Å². The zero-order valence-corrected chi connectivity index (χ0v) is 11.0. The molecule has 1 aliphatic rings. The SMILES string of the molecule is CCNC(c1cncc(F)c1)C1CCOC1CC. The van der Waals surface area contributed by atoms with Crippen LogP contribution in [-0.2, 0) is 4.74 Å². The third-order valence-electron chi connectivity index (χ3n) is 3.60. The number of nitrogens with zero attached hydrogens (tertiary/aromatic N) is 1. The van der Waals surface area contributed by atoms with Gasteiger partial charge in [-0.2, -0.15) is 0 Å². The molecule has 1 saturated heterocycles. The summed E-state index contributed by atoms with van der Waals surface area (Å²) >= 11 is 0.